The molecule has 0 aliphatic carbocycles. The Hall–Kier alpha value is -1.44. The molecule has 0 spiro atoms. The number of aliphatic hydroxyl groups is 1. The number of benzene rings is 1. The zero-order chi connectivity index (χ0) is 14.8. The van der Waals surface area contributed by atoms with E-state index in [1.807, 2.05) is 18.2 Å². The topological polar surface area (TPSA) is 71.8 Å². The number of ketones is 1. The quantitative estimate of drug-likeness (QED) is 0.913. The lowest BCUT2D eigenvalue weighted by molar-refractivity contribution is -0.117. The first-order valence-corrected chi connectivity index (χ1v) is 8.33. The molecule has 110 valence electrons. The molecule has 0 amide bonds. The van der Waals surface area contributed by atoms with Gasteiger partial charge >= 0.3 is 0 Å². The van der Waals surface area contributed by atoms with E-state index in [4.69, 9.17) is 9.84 Å². The fourth-order valence-electron chi connectivity index (χ4n) is 1.95. The van der Waals surface area contributed by atoms with E-state index in [-0.39, 0.29) is 25.0 Å². The van der Waals surface area contributed by atoms with E-state index < -0.39 is 0 Å². The lowest BCUT2D eigenvalue weighted by atomic mass is 10.2. The van der Waals surface area contributed by atoms with Crippen molar-refractivity contribution in [3.05, 3.63) is 23.2 Å². The van der Waals surface area contributed by atoms with E-state index in [0.717, 1.165) is 26.0 Å². The van der Waals surface area contributed by atoms with Crippen LogP contribution in [0.2, 0.25) is 0 Å². The zero-order valence-corrected chi connectivity index (χ0v) is 13.0. The molecule has 0 bridgehead atoms. The first-order chi connectivity index (χ1) is 10.2. The Morgan fingerprint density at radius 1 is 1.52 bits per heavy atom. The van der Waals surface area contributed by atoms with Crippen molar-refractivity contribution in [3.63, 3.8) is 0 Å². The monoisotopic (exact) mass is 322 g/mol. The molecular formula is C14H14N2O3S2. The number of Topliss-reactive ketones (excluding diaryl/α,β-unsaturated/α-hetero) is 1. The third-order valence-corrected chi connectivity index (χ3v) is 5.23. The van der Waals surface area contributed by atoms with Gasteiger partial charge in [0.25, 0.3) is 0 Å². The number of thioether (sulfide) groups is 1. The first kappa shape index (κ1) is 14.5. The maximum absolute atomic E-state index is 11.4. The minimum atomic E-state index is -0.236. The lowest BCUT2D eigenvalue weighted by Gasteiger charge is -2.02. The Morgan fingerprint density at radius 2 is 2.38 bits per heavy atom. The molecule has 0 saturated heterocycles. The minimum absolute atomic E-state index is 0.00808. The van der Waals surface area contributed by atoms with Gasteiger partial charge in [-0.2, -0.15) is 0 Å². The number of rotatable bonds is 5. The number of hydrogen-bond acceptors (Lipinski definition) is 7. The number of aromatic nitrogens is 1. The molecule has 0 radical (unpaired) electrons. The van der Waals surface area contributed by atoms with Gasteiger partial charge in [0.2, 0.25) is 0 Å². The summed E-state index contributed by atoms with van der Waals surface area (Å²) in [4.78, 5) is 20.4. The summed E-state index contributed by atoms with van der Waals surface area (Å²) in [5.41, 5.74) is 0.890. The smallest absolute Gasteiger partial charge is 0.155 e. The van der Waals surface area contributed by atoms with Gasteiger partial charge in [0.15, 0.2) is 5.78 Å². The average molecular weight is 322 g/mol. The van der Waals surface area contributed by atoms with Gasteiger partial charge in [-0.05, 0) is 25.1 Å². The molecule has 1 aliphatic rings. The van der Waals surface area contributed by atoms with Crippen molar-refractivity contribution in [1.29, 1.82) is 0 Å². The predicted molar refractivity (Wildman–Crippen MR) is 85.7 cm³/mol. The number of aliphatic hydroxyl groups excluding tert-OH is 1. The maximum Gasteiger partial charge on any atom is 0.155 e. The molecule has 1 aliphatic heterocycles. The molecule has 1 atom stereocenters. The van der Waals surface area contributed by atoms with Crippen LogP contribution in [0.3, 0.4) is 0 Å². The van der Waals surface area contributed by atoms with Crippen molar-refractivity contribution in [2.45, 2.75) is 13.0 Å². The maximum atomic E-state index is 11.4. The van der Waals surface area contributed by atoms with E-state index in [1.165, 1.54) is 11.3 Å². The summed E-state index contributed by atoms with van der Waals surface area (Å²) in [6, 6.07) is 5.41. The Morgan fingerprint density at radius 3 is 3.10 bits per heavy atom. The molecule has 0 fully saturated rings. The highest BCUT2D eigenvalue weighted by atomic mass is 32.2. The van der Waals surface area contributed by atoms with Crippen LogP contribution in [-0.4, -0.2) is 45.9 Å². The van der Waals surface area contributed by atoms with Crippen molar-refractivity contribution in [2.75, 3.05) is 19.0 Å². The Labute approximate surface area is 130 Å². The standard InChI is InChI=1S/C14H14N2O3S2/c1-8(18)11-7-20-13(16-11)14-15-10-3-2-9(19-5-4-17)6-12(10)21-14/h2-3,6,11,17H,4-5,7H2,1H3. The van der Waals surface area contributed by atoms with Crippen LogP contribution in [0, 0.1) is 0 Å². The van der Waals surface area contributed by atoms with E-state index in [1.54, 1.807) is 18.7 Å². The van der Waals surface area contributed by atoms with Crippen LogP contribution in [0.5, 0.6) is 5.75 Å². The summed E-state index contributed by atoms with van der Waals surface area (Å²) in [6.45, 7) is 1.84. The molecule has 1 aromatic carbocycles. The fourth-order valence-corrected chi connectivity index (χ4v) is 4.13. The number of hydrogen-bond donors (Lipinski definition) is 1. The third-order valence-electron chi connectivity index (χ3n) is 3.02. The number of thiazole rings is 1. The van der Waals surface area contributed by atoms with Crippen LogP contribution in [0.1, 0.15) is 11.9 Å². The van der Waals surface area contributed by atoms with Crippen LogP contribution in [0.25, 0.3) is 10.2 Å². The highest BCUT2D eigenvalue weighted by Gasteiger charge is 2.24. The van der Waals surface area contributed by atoms with E-state index in [2.05, 4.69) is 9.98 Å². The highest BCUT2D eigenvalue weighted by molar-refractivity contribution is 8.15. The van der Waals surface area contributed by atoms with Crippen molar-refractivity contribution < 1.29 is 14.6 Å². The van der Waals surface area contributed by atoms with Gasteiger partial charge < -0.3 is 9.84 Å². The van der Waals surface area contributed by atoms with Crippen molar-refractivity contribution in [3.8, 4) is 5.75 Å². The van der Waals surface area contributed by atoms with E-state index >= 15 is 0 Å². The second kappa shape index (κ2) is 6.13. The fraction of sp³-hybridized carbons (Fsp3) is 0.357. The molecular weight excluding hydrogens is 308 g/mol. The Bertz CT molecular complexity index is 711. The van der Waals surface area contributed by atoms with Crippen molar-refractivity contribution in [2.24, 2.45) is 4.99 Å². The van der Waals surface area contributed by atoms with Gasteiger partial charge in [-0.15, -0.1) is 23.1 Å². The normalized spacial score (nSPS) is 18.0. The Balaban J connectivity index is 1.87. The number of ether oxygens (including phenoxy) is 1. The van der Waals surface area contributed by atoms with Crippen molar-refractivity contribution >= 4 is 44.1 Å². The summed E-state index contributed by atoms with van der Waals surface area (Å²) >= 11 is 3.12. The third kappa shape index (κ3) is 3.09. The molecule has 1 N–H and O–H groups in total. The lowest BCUT2D eigenvalue weighted by Crippen LogP contribution is -2.14. The minimum Gasteiger partial charge on any atom is -0.491 e. The zero-order valence-electron chi connectivity index (χ0n) is 11.4. The molecule has 0 saturated carbocycles. The van der Waals surface area contributed by atoms with Crippen LogP contribution < -0.4 is 4.74 Å². The number of carbonyl (C=O) groups excluding carboxylic acids is 1. The van der Waals surface area contributed by atoms with Gasteiger partial charge in [-0.1, -0.05) is 0 Å². The van der Waals surface area contributed by atoms with Crippen LogP contribution >= 0.6 is 23.1 Å². The van der Waals surface area contributed by atoms with Crippen molar-refractivity contribution in [1.82, 2.24) is 4.98 Å². The number of carbonyl (C=O) groups is 1. The van der Waals surface area contributed by atoms with Gasteiger partial charge in [-0.3, -0.25) is 9.79 Å². The van der Waals surface area contributed by atoms with Crippen LogP contribution in [0.4, 0.5) is 0 Å². The first-order valence-electron chi connectivity index (χ1n) is 6.53. The molecule has 2 heterocycles. The Kier molecular flexibility index (Phi) is 4.23. The van der Waals surface area contributed by atoms with E-state index in [0.29, 0.717) is 5.75 Å². The summed E-state index contributed by atoms with van der Waals surface area (Å²) in [7, 11) is 0. The van der Waals surface area contributed by atoms with Gasteiger partial charge in [-0.25, -0.2) is 4.98 Å². The summed E-state index contributed by atoms with van der Waals surface area (Å²) in [5.74, 6) is 1.51. The van der Waals surface area contributed by atoms with Gasteiger partial charge in [0.05, 0.1) is 16.8 Å². The second-order valence-corrected chi connectivity index (χ2v) is 6.63. The largest absolute Gasteiger partial charge is 0.491 e. The molecule has 1 aromatic heterocycles. The van der Waals surface area contributed by atoms with Gasteiger partial charge in [0, 0.05) is 5.75 Å². The van der Waals surface area contributed by atoms with Gasteiger partial charge in [0.1, 0.15) is 28.4 Å². The van der Waals surface area contributed by atoms with Crippen LogP contribution in [0.15, 0.2) is 23.2 Å². The second-order valence-electron chi connectivity index (χ2n) is 4.59. The SMILES string of the molecule is CC(=O)C1CSC(c2nc3ccc(OCCO)cc3s2)=N1. The molecule has 7 heteroatoms. The summed E-state index contributed by atoms with van der Waals surface area (Å²) < 4.78 is 6.40. The summed E-state index contributed by atoms with van der Waals surface area (Å²) in [5, 5.41) is 10.5. The molecule has 5 nitrogen and oxygen atoms in total. The molecule has 2 aromatic rings. The average Bonchev–Trinajstić information content (AvgIpc) is 3.10. The molecule has 3 rings (SSSR count). The number of fused-ring (bicyclic) bond motifs is 1. The number of aliphatic imine (C=N–C) groups is 1. The van der Waals surface area contributed by atoms with E-state index in [9.17, 15) is 4.79 Å². The summed E-state index contributed by atoms with van der Waals surface area (Å²) in [6.07, 6.45) is 0. The van der Waals surface area contributed by atoms with Crippen LogP contribution in [-0.2, 0) is 4.79 Å². The molecule has 1 unspecified atom stereocenters. The number of nitrogens with zero attached hydrogens (tertiary/aromatic N) is 2. The highest BCUT2D eigenvalue weighted by Crippen LogP contribution is 2.31. The predicted octanol–water partition coefficient (Wildman–Crippen LogP) is 2.12. The molecule has 21 heavy (non-hydrogen) atoms.